The van der Waals surface area contributed by atoms with Crippen molar-refractivity contribution in [2.75, 3.05) is 37.6 Å². The molecule has 0 N–H and O–H groups in total. The zero-order valence-corrected chi connectivity index (χ0v) is 18.2. The summed E-state index contributed by atoms with van der Waals surface area (Å²) < 4.78 is 46.1. The second-order valence-corrected chi connectivity index (χ2v) is 8.23. The molecular weight excluding hydrogens is 437 g/mol. The lowest BCUT2D eigenvalue weighted by Gasteiger charge is -2.36. The number of halogens is 4. The van der Waals surface area contributed by atoms with Crippen LogP contribution in [0.15, 0.2) is 66.7 Å². The average molecular weight is 461 g/mol. The van der Waals surface area contributed by atoms with E-state index >= 15 is 0 Å². The van der Waals surface area contributed by atoms with Gasteiger partial charge in [-0.3, -0.25) is 4.90 Å². The molecule has 1 fully saturated rings. The largest absolute Gasteiger partial charge is 0.484 e. The Morgan fingerprint density at radius 1 is 0.781 bits per heavy atom. The number of hydrogen-bond donors (Lipinski definition) is 0. The number of hydrogen-bond acceptors (Lipinski definition) is 3. The summed E-state index contributed by atoms with van der Waals surface area (Å²) in [6.45, 7) is 4.20. The first-order valence-electron chi connectivity index (χ1n) is 10.6. The summed E-state index contributed by atoms with van der Waals surface area (Å²) >= 11 is 6.15. The third-order valence-electron chi connectivity index (χ3n) is 5.68. The Hall–Kier alpha value is -2.70. The van der Waals surface area contributed by atoms with Gasteiger partial charge < -0.3 is 9.64 Å². The normalized spacial score (nSPS) is 15.6. The first-order valence-corrected chi connectivity index (χ1v) is 11.0. The van der Waals surface area contributed by atoms with E-state index in [9.17, 15) is 13.2 Å². The van der Waals surface area contributed by atoms with Gasteiger partial charge in [-0.2, -0.15) is 0 Å². The Morgan fingerprint density at radius 3 is 2.00 bits per heavy atom. The molecule has 1 saturated heterocycles. The lowest BCUT2D eigenvalue weighted by atomic mass is 10.1. The molecular formula is C25H24ClF3N2O. The van der Waals surface area contributed by atoms with Gasteiger partial charge in [0.05, 0.1) is 5.02 Å². The minimum Gasteiger partial charge on any atom is -0.484 e. The van der Waals surface area contributed by atoms with Crippen LogP contribution < -0.4 is 9.64 Å². The third kappa shape index (κ3) is 5.75. The maximum Gasteiger partial charge on any atom is 0.139 e. The van der Waals surface area contributed by atoms with Gasteiger partial charge in [0.2, 0.25) is 0 Å². The van der Waals surface area contributed by atoms with Crippen molar-refractivity contribution in [1.29, 1.82) is 0 Å². The van der Waals surface area contributed by atoms with Crippen LogP contribution in [-0.2, 0) is 0 Å². The van der Waals surface area contributed by atoms with E-state index in [0.29, 0.717) is 12.2 Å². The highest BCUT2D eigenvalue weighted by Gasteiger charge is 2.21. The third-order valence-corrected chi connectivity index (χ3v) is 5.97. The van der Waals surface area contributed by atoms with Crippen molar-refractivity contribution in [1.82, 2.24) is 4.90 Å². The van der Waals surface area contributed by atoms with Crippen LogP contribution in [0.2, 0.25) is 5.02 Å². The van der Waals surface area contributed by atoms with Crippen LogP contribution in [0.5, 0.6) is 5.75 Å². The van der Waals surface area contributed by atoms with E-state index < -0.39 is 5.82 Å². The van der Waals surface area contributed by atoms with Gasteiger partial charge in [0.15, 0.2) is 0 Å². The Bertz CT molecular complexity index is 1020. The molecule has 168 valence electrons. The Labute approximate surface area is 191 Å². The molecule has 0 aliphatic carbocycles. The molecule has 1 atom stereocenters. The van der Waals surface area contributed by atoms with Crippen LogP contribution in [0.1, 0.15) is 18.1 Å². The summed E-state index contributed by atoms with van der Waals surface area (Å²) in [5, 5.41) is 0.199. The van der Waals surface area contributed by atoms with Crippen molar-refractivity contribution >= 4 is 17.3 Å². The number of piperazine rings is 1. The highest BCUT2D eigenvalue weighted by atomic mass is 35.5. The molecule has 0 bridgehead atoms. The smallest absolute Gasteiger partial charge is 0.139 e. The summed E-state index contributed by atoms with van der Waals surface area (Å²) in [6, 6.07) is 16.8. The van der Waals surface area contributed by atoms with Crippen LogP contribution >= 0.6 is 11.6 Å². The predicted octanol–water partition coefficient (Wildman–Crippen LogP) is 6.09. The van der Waals surface area contributed by atoms with E-state index in [1.807, 2.05) is 0 Å². The summed E-state index contributed by atoms with van der Waals surface area (Å²) in [5.41, 5.74) is 1.85. The van der Waals surface area contributed by atoms with Gasteiger partial charge in [-0.1, -0.05) is 23.7 Å². The van der Waals surface area contributed by atoms with Crippen LogP contribution in [0, 0.1) is 17.5 Å². The van der Waals surface area contributed by atoms with Gasteiger partial charge in [0, 0.05) is 44.8 Å². The van der Waals surface area contributed by atoms with Gasteiger partial charge >= 0.3 is 0 Å². The SMILES string of the molecule is Fc1ccc(C(CCN2CCN(c3ccc(F)cc3)CC2)Oc2ccc(F)cc2Cl)cc1. The molecule has 1 heterocycles. The standard InChI is InChI=1S/C25H24ClF3N2O/c26-23-17-21(29)7-10-25(23)32-24(18-1-3-19(27)4-2-18)11-12-30-13-15-31(16-14-30)22-8-5-20(28)6-9-22/h1-10,17,24H,11-16H2. The van der Waals surface area contributed by atoms with Gasteiger partial charge in [-0.25, -0.2) is 13.2 Å². The molecule has 0 aromatic heterocycles. The Balaban J connectivity index is 1.39. The monoisotopic (exact) mass is 460 g/mol. The second-order valence-electron chi connectivity index (χ2n) is 7.83. The predicted molar refractivity (Wildman–Crippen MR) is 121 cm³/mol. The zero-order valence-electron chi connectivity index (χ0n) is 17.5. The molecule has 1 aliphatic rings. The molecule has 0 spiro atoms. The fraction of sp³-hybridized carbons (Fsp3) is 0.280. The van der Waals surface area contributed by atoms with E-state index in [2.05, 4.69) is 9.80 Å². The maximum absolute atomic E-state index is 13.4. The van der Waals surface area contributed by atoms with E-state index in [1.165, 1.54) is 42.5 Å². The molecule has 3 nitrogen and oxygen atoms in total. The minimum atomic E-state index is -0.431. The average Bonchev–Trinajstić information content (AvgIpc) is 2.80. The topological polar surface area (TPSA) is 15.7 Å². The van der Waals surface area contributed by atoms with Crippen LogP contribution in [0.25, 0.3) is 0 Å². The van der Waals surface area contributed by atoms with Crippen LogP contribution in [-0.4, -0.2) is 37.6 Å². The minimum absolute atomic E-state index is 0.199. The van der Waals surface area contributed by atoms with Crippen molar-refractivity contribution in [3.05, 3.63) is 94.8 Å². The highest BCUT2D eigenvalue weighted by Crippen LogP contribution is 2.31. The molecule has 3 aromatic carbocycles. The quantitative estimate of drug-likeness (QED) is 0.424. The van der Waals surface area contributed by atoms with Crippen LogP contribution in [0.4, 0.5) is 18.9 Å². The molecule has 3 aromatic rings. The Morgan fingerprint density at radius 2 is 1.38 bits per heavy atom. The lowest BCUT2D eigenvalue weighted by Crippen LogP contribution is -2.46. The molecule has 1 unspecified atom stereocenters. The number of benzene rings is 3. The summed E-state index contributed by atoms with van der Waals surface area (Å²) in [7, 11) is 0. The molecule has 4 rings (SSSR count). The summed E-state index contributed by atoms with van der Waals surface area (Å²) in [6.07, 6.45) is 0.310. The van der Waals surface area contributed by atoms with Gasteiger partial charge in [0.1, 0.15) is 29.3 Å². The van der Waals surface area contributed by atoms with E-state index in [1.54, 1.807) is 24.3 Å². The molecule has 1 aliphatic heterocycles. The first-order chi connectivity index (χ1) is 15.5. The highest BCUT2D eigenvalue weighted by molar-refractivity contribution is 6.32. The lowest BCUT2D eigenvalue weighted by molar-refractivity contribution is 0.160. The van der Waals surface area contributed by atoms with Gasteiger partial charge in [0.25, 0.3) is 0 Å². The number of ether oxygens (including phenoxy) is 1. The molecule has 32 heavy (non-hydrogen) atoms. The number of rotatable bonds is 7. The molecule has 0 amide bonds. The van der Waals surface area contributed by atoms with Crippen molar-refractivity contribution in [3.63, 3.8) is 0 Å². The van der Waals surface area contributed by atoms with Crippen molar-refractivity contribution < 1.29 is 17.9 Å². The first kappa shape index (κ1) is 22.5. The number of nitrogens with zero attached hydrogens (tertiary/aromatic N) is 2. The number of anilines is 1. The summed E-state index contributed by atoms with van der Waals surface area (Å²) in [4.78, 5) is 4.58. The van der Waals surface area contributed by atoms with E-state index in [-0.39, 0.29) is 22.8 Å². The fourth-order valence-electron chi connectivity index (χ4n) is 3.88. The Kier molecular flexibility index (Phi) is 7.22. The van der Waals surface area contributed by atoms with Crippen molar-refractivity contribution in [2.45, 2.75) is 12.5 Å². The molecule has 0 saturated carbocycles. The van der Waals surface area contributed by atoms with E-state index in [4.69, 9.17) is 16.3 Å². The molecule has 7 heteroatoms. The zero-order chi connectivity index (χ0) is 22.5. The van der Waals surface area contributed by atoms with Gasteiger partial charge in [-0.05, 0) is 60.2 Å². The van der Waals surface area contributed by atoms with Gasteiger partial charge in [-0.15, -0.1) is 0 Å². The van der Waals surface area contributed by atoms with Crippen molar-refractivity contribution in [2.24, 2.45) is 0 Å². The second kappa shape index (κ2) is 10.3. The fourth-order valence-corrected chi connectivity index (χ4v) is 4.09. The molecule has 0 radical (unpaired) electrons. The van der Waals surface area contributed by atoms with Crippen LogP contribution in [0.3, 0.4) is 0 Å². The van der Waals surface area contributed by atoms with Crippen molar-refractivity contribution in [3.8, 4) is 5.75 Å². The van der Waals surface area contributed by atoms with E-state index in [0.717, 1.165) is 44.0 Å². The maximum atomic E-state index is 13.4. The summed E-state index contributed by atoms with van der Waals surface area (Å²) in [5.74, 6) is -0.590.